The predicted octanol–water partition coefficient (Wildman–Crippen LogP) is 3.73. The first-order chi connectivity index (χ1) is 14.4. The fraction of sp³-hybridized carbons (Fsp3) is 0.348. The number of nitrogens with one attached hydrogen (secondary N) is 1. The van der Waals surface area contributed by atoms with Crippen molar-refractivity contribution in [2.75, 3.05) is 29.9 Å². The van der Waals surface area contributed by atoms with E-state index in [1.165, 1.54) is 12.1 Å². The van der Waals surface area contributed by atoms with E-state index in [1.54, 1.807) is 31.2 Å². The molecule has 158 valence electrons. The van der Waals surface area contributed by atoms with E-state index in [2.05, 4.69) is 5.32 Å². The molecule has 1 unspecified atom stereocenters. The molecule has 30 heavy (non-hydrogen) atoms. The SMILES string of the molecule is CCOC(=O)C1CCCN(c2ccc(C(=O)O)cc2NC(=O)c2cccc(C)c2)C1. The number of carbonyl (C=O) groups excluding carboxylic acids is 2. The Morgan fingerprint density at radius 2 is 1.97 bits per heavy atom. The lowest BCUT2D eigenvalue weighted by Gasteiger charge is -2.34. The third-order valence-electron chi connectivity index (χ3n) is 5.15. The van der Waals surface area contributed by atoms with Gasteiger partial charge in [0.05, 0.1) is 29.5 Å². The molecule has 2 aromatic carbocycles. The largest absolute Gasteiger partial charge is 0.478 e. The summed E-state index contributed by atoms with van der Waals surface area (Å²) in [6, 6.07) is 11.8. The van der Waals surface area contributed by atoms with Gasteiger partial charge in [0.15, 0.2) is 0 Å². The average Bonchev–Trinajstić information content (AvgIpc) is 2.74. The summed E-state index contributed by atoms with van der Waals surface area (Å²) >= 11 is 0. The number of anilines is 2. The van der Waals surface area contributed by atoms with Crippen molar-refractivity contribution in [2.24, 2.45) is 5.92 Å². The molecule has 3 rings (SSSR count). The van der Waals surface area contributed by atoms with E-state index < -0.39 is 5.97 Å². The van der Waals surface area contributed by atoms with E-state index in [0.29, 0.717) is 36.6 Å². The van der Waals surface area contributed by atoms with Gasteiger partial charge in [-0.1, -0.05) is 17.7 Å². The zero-order valence-corrected chi connectivity index (χ0v) is 17.2. The van der Waals surface area contributed by atoms with Crippen LogP contribution < -0.4 is 10.2 Å². The van der Waals surface area contributed by atoms with Crippen LogP contribution in [0.5, 0.6) is 0 Å². The van der Waals surface area contributed by atoms with Crippen molar-refractivity contribution < 1.29 is 24.2 Å². The van der Waals surface area contributed by atoms with Crippen LogP contribution in [0.2, 0.25) is 0 Å². The van der Waals surface area contributed by atoms with Gasteiger partial charge in [0.2, 0.25) is 0 Å². The maximum absolute atomic E-state index is 12.8. The zero-order valence-electron chi connectivity index (χ0n) is 17.2. The summed E-state index contributed by atoms with van der Waals surface area (Å²) in [6.07, 6.45) is 1.54. The van der Waals surface area contributed by atoms with Gasteiger partial charge in [-0.25, -0.2) is 4.79 Å². The van der Waals surface area contributed by atoms with E-state index in [-0.39, 0.29) is 23.4 Å². The number of benzene rings is 2. The van der Waals surface area contributed by atoms with Crippen molar-refractivity contribution in [1.82, 2.24) is 0 Å². The first-order valence-electron chi connectivity index (χ1n) is 10.1. The summed E-state index contributed by atoms with van der Waals surface area (Å²) in [4.78, 5) is 38.5. The fourth-order valence-corrected chi connectivity index (χ4v) is 3.67. The summed E-state index contributed by atoms with van der Waals surface area (Å²) in [5.41, 5.74) is 2.62. The number of carboxylic acid groups (broad SMARTS) is 1. The van der Waals surface area contributed by atoms with E-state index >= 15 is 0 Å². The van der Waals surface area contributed by atoms with E-state index in [9.17, 15) is 19.5 Å². The van der Waals surface area contributed by atoms with Crippen LogP contribution in [0.3, 0.4) is 0 Å². The van der Waals surface area contributed by atoms with Crippen LogP contribution in [0.15, 0.2) is 42.5 Å². The Kier molecular flexibility index (Phi) is 6.72. The molecule has 7 nitrogen and oxygen atoms in total. The highest BCUT2D eigenvalue weighted by molar-refractivity contribution is 6.07. The monoisotopic (exact) mass is 410 g/mol. The topological polar surface area (TPSA) is 95.9 Å². The van der Waals surface area contributed by atoms with Crippen LogP contribution in [0.25, 0.3) is 0 Å². The summed E-state index contributed by atoms with van der Waals surface area (Å²) in [7, 11) is 0. The molecule has 0 radical (unpaired) electrons. The predicted molar refractivity (Wildman–Crippen MR) is 114 cm³/mol. The van der Waals surface area contributed by atoms with Gasteiger partial charge in [-0.05, 0) is 57.0 Å². The number of ether oxygens (including phenoxy) is 1. The summed E-state index contributed by atoms with van der Waals surface area (Å²) < 4.78 is 5.17. The van der Waals surface area contributed by atoms with E-state index in [0.717, 1.165) is 18.4 Å². The number of aromatic carboxylic acids is 1. The van der Waals surface area contributed by atoms with Crippen molar-refractivity contribution in [1.29, 1.82) is 0 Å². The molecule has 1 atom stereocenters. The summed E-state index contributed by atoms with van der Waals surface area (Å²) in [5.74, 6) is -1.87. The number of esters is 1. The smallest absolute Gasteiger partial charge is 0.335 e. The molecular weight excluding hydrogens is 384 g/mol. The maximum atomic E-state index is 12.8. The molecule has 1 heterocycles. The number of nitrogens with zero attached hydrogens (tertiary/aromatic N) is 1. The fourth-order valence-electron chi connectivity index (χ4n) is 3.67. The second-order valence-electron chi connectivity index (χ2n) is 7.40. The number of amides is 1. The molecule has 2 aromatic rings. The van der Waals surface area contributed by atoms with Crippen molar-refractivity contribution >= 4 is 29.2 Å². The van der Waals surface area contributed by atoms with Gasteiger partial charge in [0.1, 0.15) is 0 Å². The van der Waals surface area contributed by atoms with Crippen LogP contribution in [0.4, 0.5) is 11.4 Å². The van der Waals surface area contributed by atoms with Crippen LogP contribution in [-0.4, -0.2) is 42.6 Å². The number of hydrogen-bond acceptors (Lipinski definition) is 5. The van der Waals surface area contributed by atoms with Crippen LogP contribution in [0.1, 0.15) is 46.0 Å². The third-order valence-corrected chi connectivity index (χ3v) is 5.15. The molecule has 0 saturated carbocycles. The molecule has 0 bridgehead atoms. The van der Waals surface area contributed by atoms with Gasteiger partial charge in [-0.15, -0.1) is 0 Å². The number of rotatable bonds is 6. The molecule has 1 aliphatic rings. The van der Waals surface area contributed by atoms with Gasteiger partial charge >= 0.3 is 11.9 Å². The number of hydrogen-bond donors (Lipinski definition) is 2. The minimum atomic E-state index is -1.07. The van der Waals surface area contributed by atoms with Gasteiger partial charge < -0.3 is 20.1 Å². The number of piperidine rings is 1. The maximum Gasteiger partial charge on any atom is 0.335 e. The van der Waals surface area contributed by atoms with Crippen molar-refractivity contribution in [3.05, 3.63) is 59.2 Å². The van der Waals surface area contributed by atoms with Crippen molar-refractivity contribution in [3.8, 4) is 0 Å². The van der Waals surface area contributed by atoms with Crippen molar-refractivity contribution in [3.63, 3.8) is 0 Å². The molecule has 0 aliphatic carbocycles. The average molecular weight is 410 g/mol. The zero-order chi connectivity index (χ0) is 21.7. The molecule has 1 fully saturated rings. The molecule has 1 amide bonds. The molecule has 7 heteroatoms. The molecule has 2 N–H and O–H groups in total. The van der Waals surface area contributed by atoms with Crippen LogP contribution in [-0.2, 0) is 9.53 Å². The quantitative estimate of drug-likeness (QED) is 0.705. The lowest BCUT2D eigenvalue weighted by atomic mass is 9.97. The number of carboxylic acids is 1. The standard InChI is InChI=1S/C23H26N2O5/c1-3-30-23(29)18-8-5-11-25(14-18)20-10-9-17(22(27)28)13-19(20)24-21(26)16-7-4-6-15(2)12-16/h4,6-7,9-10,12-13,18H,3,5,8,11,14H2,1-2H3,(H,24,26)(H,27,28). The minimum Gasteiger partial charge on any atom is -0.478 e. The summed E-state index contributed by atoms with van der Waals surface area (Å²) in [5, 5.41) is 12.2. The van der Waals surface area contributed by atoms with E-state index in [1.807, 2.05) is 17.9 Å². The first-order valence-corrected chi connectivity index (χ1v) is 10.1. The Bertz CT molecular complexity index is 956. The lowest BCUT2D eigenvalue weighted by molar-refractivity contribution is -0.148. The molecule has 0 aromatic heterocycles. The second-order valence-corrected chi connectivity index (χ2v) is 7.40. The number of aryl methyl sites for hydroxylation is 1. The minimum absolute atomic E-state index is 0.0808. The molecule has 1 aliphatic heterocycles. The van der Waals surface area contributed by atoms with Gasteiger partial charge in [-0.3, -0.25) is 9.59 Å². The molecular formula is C23H26N2O5. The first kappa shape index (κ1) is 21.4. The summed E-state index contributed by atoms with van der Waals surface area (Å²) in [6.45, 7) is 5.17. The Hall–Kier alpha value is -3.35. The van der Waals surface area contributed by atoms with E-state index in [4.69, 9.17) is 4.74 Å². The Balaban J connectivity index is 1.89. The molecule has 1 saturated heterocycles. The Labute approximate surface area is 175 Å². The van der Waals surface area contributed by atoms with Crippen molar-refractivity contribution in [2.45, 2.75) is 26.7 Å². The Morgan fingerprint density at radius 3 is 2.67 bits per heavy atom. The van der Waals surface area contributed by atoms with Gasteiger partial charge in [0, 0.05) is 18.7 Å². The lowest BCUT2D eigenvalue weighted by Crippen LogP contribution is -2.39. The number of carbonyl (C=O) groups is 3. The normalized spacial score (nSPS) is 16.1. The highest BCUT2D eigenvalue weighted by atomic mass is 16.5. The molecule has 0 spiro atoms. The Morgan fingerprint density at radius 1 is 1.17 bits per heavy atom. The second kappa shape index (κ2) is 9.43. The van der Waals surface area contributed by atoms with Gasteiger partial charge in [0.25, 0.3) is 5.91 Å². The van der Waals surface area contributed by atoms with Crippen LogP contribution >= 0.6 is 0 Å². The van der Waals surface area contributed by atoms with Gasteiger partial charge in [-0.2, -0.15) is 0 Å². The highest BCUT2D eigenvalue weighted by Gasteiger charge is 2.28. The van der Waals surface area contributed by atoms with Crippen LogP contribution in [0, 0.1) is 12.8 Å². The highest BCUT2D eigenvalue weighted by Crippen LogP contribution is 2.32. The third kappa shape index (κ3) is 4.97.